The second-order valence-corrected chi connectivity index (χ2v) is 11.4. The average molecular weight is 637 g/mol. The van der Waals surface area contributed by atoms with Gasteiger partial charge in [0.2, 0.25) is 5.82 Å². The Kier molecular flexibility index (Phi) is 14.8. The van der Waals surface area contributed by atoms with Crippen molar-refractivity contribution in [3.63, 3.8) is 0 Å². The second kappa shape index (κ2) is 18.5. The monoisotopic (exact) mass is 636 g/mol. The Morgan fingerprint density at radius 2 is 0.889 bits per heavy atom. The number of carbonyl (C=O) groups is 1. The van der Waals surface area contributed by atoms with Crippen molar-refractivity contribution in [2.45, 2.75) is 103 Å². The first kappa shape index (κ1) is 36.0. The Morgan fingerprint density at radius 1 is 0.533 bits per heavy atom. The van der Waals surface area contributed by atoms with Crippen LogP contribution < -0.4 is 4.74 Å². The van der Waals surface area contributed by atoms with Crippen molar-refractivity contribution >= 4 is 5.97 Å². The zero-order valence-electron chi connectivity index (χ0n) is 25.8. The topological polar surface area (TPSA) is 46.5 Å². The molecule has 3 rings (SSSR count). The first-order valence-corrected chi connectivity index (χ1v) is 15.9. The summed E-state index contributed by atoms with van der Waals surface area (Å²) in [7, 11) is 0. The van der Waals surface area contributed by atoms with Gasteiger partial charge in [0.15, 0.2) is 34.8 Å². The Labute approximate surface area is 261 Å². The molecule has 0 atom stereocenters. The van der Waals surface area contributed by atoms with Crippen molar-refractivity contribution in [1.29, 1.82) is 0 Å². The fraction of sp³-hybridized carbons (Fsp3) is 0.472. The van der Waals surface area contributed by atoms with Crippen LogP contribution in [0.25, 0.3) is 0 Å². The van der Waals surface area contributed by atoms with E-state index in [0.717, 1.165) is 38.5 Å². The summed E-state index contributed by atoms with van der Waals surface area (Å²) in [6, 6.07) is 8.44. The molecular formula is C36H42F6O3. The van der Waals surface area contributed by atoms with Gasteiger partial charge in [0.1, 0.15) is 0 Å². The zero-order chi connectivity index (χ0) is 32.8. The molecule has 0 unspecified atom stereocenters. The number of benzene rings is 3. The number of hydrogen-bond donors (Lipinski definition) is 1. The lowest BCUT2D eigenvalue weighted by molar-refractivity contribution is -0.137. The third-order valence-electron chi connectivity index (χ3n) is 8.00. The summed E-state index contributed by atoms with van der Waals surface area (Å²) >= 11 is 0. The summed E-state index contributed by atoms with van der Waals surface area (Å²) in [5, 5.41) is 8.63. The summed E-state index contributed by atoms with van der Waals surface area (Å²) in [4.78, 5) is 10.5. The number of halogens is 6. The SMILES string of the molecule is CCCc1ccc(CCc2ccc(CCc3ccc(OCCCCCCCCCCC(=O)O)c(F)c3F)c(F)c2F)c(F)c1F. The number of hydrogen-bond acceptors (Lipinski definition) is 2. The molecule has 246 valence electrons. The standard InChI is InChI=1S/C36H42F6O3/c1-2-11-24-13-14-25(32(38)31(24)37)15-16-26-17-18-27(34(40)33(26)39)19-20-28-21-22-29(36(42)35(28)41)45-23-10-8-6-4-3-5-7-9-12-30(43)44/h13-14,17-18,21-22H,2-12,15-16,19-20,23H2,1H3,(H,43,44). The minimum absolute atomic E-state index is 0.00205. The van der Waals surface area contributed by atoms with E-state index in [1.54, 1.807) is 0 Å². The van der Waals surface area contributed by atoms with Crippen LogP contribution in [0.15, 0.2) is 36.4 Å². The van der Waals surface area contributed by atoms with Crippen molar-refractivity contribution in [3.05, 3.63) is 99.1 Å². The molecule has 0 amide bonds. The zero-order valence-corrected chi connectivity index (χ0v) is 25.8. The lowest BCUT2D eigenvalue weighted by Crippen LogP contribution is -2.06. The van der Waals surface area contributed by atoms with Crippen molar-refractivity contribution in [1.82, 2.24) is 0 Å². The number of unbranched alkanes of at least 4 members (excludes halogenated alkanes) is 7. The number of ether oxygens (including phenoxy) is 1. The fourth-order valence-corrected chi connectivity index (χ4v) is 5.34. The summed E-state index contributed by atoms with van der Waals surface area (Å²) in [6.45, 7) is 2.09. The van der Waals surface area contributed by atoms with Crippen molar-refractivity contribution < 1.29 is 41.0 Å². The first-order chi connectivity index (χ1) is 21.6. The molecule has 45 heavy (non-hydrogen) atoms. The van der Waals surface area contributed by atoms with Gasteiger partial charge in [-0.25, -0.2) is 22.0 Å². The van der Waals surface area contributed by atoms with Gasteiger partial charge >= 0.3 is 5.97 Å². The minimum Gasteiger partial charge on any atom is -0.490 e. The van der Waals surface area contributed by atoms with Crippen LogP contribution in [0.5, 0.6) is 5.75 Å². The van der Waals surface area contributed by atoms with E-state index in [1.165, 1.54) is 36.4 Å². The highest BCUT2D eigenvalue weighted by Crippen LogP contribution is 2.26. The molecule has 0 aliphatic rings. The largest absolute Gasteiger partial charge is 0.490 e. The summed E-state index contributed by atoms with van der Waals surface area (Å²) in [5.74, 6) is -7.27. The van der Waals surface area contributed by atoms with E-state index in [4.69, 9.17) is 9.84 Å². The number of rotatable bonds is 20. The van der Waals surface area contributed by atoms with Gasteiger partial charge in [-0.3, -0.25) is 4.79 Å². The summed E-state index contributed by atoms with van der Waals surface area (Å²) in [5.41, 5.74) is 0.384. The van der Waals surface area contributed by atoms with Gasteiger partial charge in [0.05, 0.1) is 6.61 Å². The van der Waals surface area contributed by atoms with Gasteiger partial charge in [0, 0.05) is 6.42 Å². The molecule has 0 aliphatic heterocycles. The molecule has 3 nitrogen and oxygen atoms in total. The molecule has 0 saturated carbocycles. The van der Waals surface area contributed by atoms with Gasteiger partial charge in [-0.1, -0.05) is 82.2 Å². The van der Waals surface area contributed by atoms with E-state index in [2.05, 4.69) is 0 Å². The molecule has 0 saturated heterocycles. The highest BCUT2D eigenvalue weighted by atomic mass is 19.2. The van der Waals surface area contributed by atoms with Crippen molar-refractivity contribution in [2.75, 3.05) is 6.61 Å². The Balaban J connectivity index is 1.45. The normalized spacial score (nSPS) is 11.3. The molecule has 0 aromatic heterocycles. The van der Waals surface area contributed by atoms with Gasteiger partial charge < -0.3 is 9.84 Å². The fourth-order valence-electron chi connectivity index (χ4n) is 5.34. The van der Waals surface area contributed by atoms with Gasteiger partial charge in [-0.05, 0) is 78.8 Å². The van der Waals surface area contributed by atoms with E-state index in [-0.39, 0.29) is 72.3 Å². The van der Waals surface area contributed by atoms with Gasteiger partial charge in [0.25, 0.3) is 0 Å². The third-order valence-corrected chi connectivity index (χ3v) is 8.00. The molecule has 1 N–H and O–H groups in total. The predicted molar refractivity (Wildman–Crippen MR) is 163 cm³/mol. The predicted octanol–water partition coefficient (Wildman–Crippen LogP) is 10.0. The minimum atomic E-state index is -1.12. The summed E-state index contributed by atoms with van der Waals surface area (Å²) in [6.07, 6.45) is 8.25. The maximum absolute atomic E-state index is 14.8. The van der Waals surface area contributed by atoms with E-state index >= 15 is 0 Å². The van der Waals surface area contributed by atoms with Crippen LogP contribution in [-0.2, 0) is 36.9 Å². The number of carboxylic acids is 1. The first-order valence-electron chi connectivity index (χ1n) is 15.9. The molecule has 3 aromatic rings. The van der Waals surface area contributed by atoms with Crippen molar-refractivity contribution in [3.8, 4) is 5.75 Å². The van der Waals surface area contributed by atoms with E-state index in [0.29, 0.717) is 25.7 Å². The number of carboxylic acid groups (broad SMARTS) is 1. The van der Waals surface area contributed by atoms with Crippen molar-refractivity contribution in [2.24, 2.45) is 0 Å². The number of aryl methyl sites for hydroxylation is 5. The molecule has 0 bridgehead atoms. The maximum Gasteiger partial charge on any atom is 0.303 e. The third kappa shape index (κ3) is 10.8. The van der Waals surface area contributed by atoms with Crippen LogP contribution in [0.4, 0.5) is 26.3 Å². The lowest BCUT2D eigenvalue weighted by atomic mass is 9.97. The van der Waals surface area contributed by atoms with Crippen LogP contribution in [0.1, 0.15) is 98.9 Å². The molecule has 0 fully saturated rings. The van der Waals surface area contributed by atoms with Crippen LogP contribution in [0.2, 0.25) is 0 Å². The molecular weight excluding hydrogens is 594 g/mol. The Bertz CT molecular complexity index is 1410. The van der Waals surface area contributed by atoms with Gasteiger partial charge in [-0.2, -0.15) is 4.39 Å². The van der Waals surface area contributed by atoms with Crippen LogP contribution >= 0.6 is 0 Å². The quantitative estimate of drug-likeness (QED) is 0.0992. The molecule has 0 aliphatic carbocycles. The van der Waals surface area contributed by atoms with Gasteiger partial charge in [-0.15, -0.1) is 0 Å². The molecule has 0 spiro atoms. The van der Waals surface area contributed by atoms with E-state index in [1.807, 2.05) is 6.92 Å². The Hall–Kier alpha value is -3.49. The average Bonchev–Trinajstić information content (AvgIpc) is 3.02. The Morgan fingerprint density at radius 3 is 1.31 bits per heavy atom. The van der Waals surface area contributed by atoms with Crippen LogP contribution in [0, 0.1) is 34.9 Å². The molecule has 3 aromatic carbocycles. The van der Waals surface area contributed by atoms with Crippen LogP contribution in [-0.4, -0.2) is 17.7 Å². The summed E-state index contributed by atoms with van der Waals surface area (Å²) < 4.78 is 93.1. The smallest absolute Gasteiger partial charge is 0.303 e. The number of aliphatic carboxylic acids is 1. The maximum atomic E-state index is 14.8. The highest BCUT2D eigenvalue weighted by Gasteiger charge is 2.19. The lowest BCUT2D eigenvalue weighted by Gasteiger charge is -2.12. The van der Waals surface area contributed by atoms with Crippen LogP contribution in [0.3, 0.4) is 0 Å². The molecule has 0 heterocycles. The highest BCUT2D eigenvalue weighted by molar-refractivity contribution is 5.66. The van der Waals surface area contributed by atoms with E-state index in [9.17, 15) is 31.1 Å². The second-order valence-electron chi connectivity index (χ2n) is 11.4. The van der Waals surface area contributed by atoms with E-state index < -0.39 is 40.9 Å². The molecule has 0 radical (unpaired) electrons. The molecule has 9 heteroatoms.